The second kappa shape index (κ2) is 16.8. The van der Waals surface area contributed by atoms with E-state index in [1.165, 1.54) is 14.2 Å². The van der Waals surface area contributed by atoms with Gasteiger partial charge in [-0.3, -0.25) is 9.59 Å². The van der Waals surface area contributed by atoms with Crippen molar-refractivity contribution in [3.05, 3.63) is 84.7 Å². The van der Waals surface area contributed by atoms with Crippen LogP contribution in [0.25, 0.3) is 44.4 Å². The van der Waals surface area contributed by atoms with E-state index >= 15 is 0 Å². The zero-order chi connectivity index (χ0) is 43.0. The van der Waals surface area contributed by atoms with Gasteiger partial charge in [-0.05, 0) is 89.6 Å². The van der Waals surface area contributed by atoms with Gasteiger partial charge >= 0.3 is 12.2 Å². The number of nitrogens with one attached hydrogen (secondary N) is 5. The highest BCUT2D eigenvalue weighted by Gasteiger charge is 2.56. The molecule has 61 heavy (non-hydrogen) atoms. The molecule has 4 amide bonds. The number of aromatic nitrogens is 4. The Hall–Kier alpha value is -6.69. The predicted octanol–water partition coefficient (Wildman–Crippen LogP) is 6.69. The number of amides is 4. The molecule has 3 aliphatic rings. The summed E-state index contributed by atoms with van der Waals surface area (Å²) >= 11 is 0. The van der Waals surface area contributed by atoms with Crippen LogP contribution >= 0.6 is 0 Å². The Kier molecular flexibility index (Phi) is 11.3. The number of nitriles is 1. The van der Waals surface area contributed by atoms with Gasteiger partial charge in [0.2, 0.25) is 11.8 Å². The molecule has 3 fully saturated rings. The van der Waals surface area contributed by atoms with Gasteiger partial charge in [0.05, 0.1) is 44.1 Å². The number of carbonyl (C=O) groups is 4. The average Bonchev–Trinajstić information content (AvgIpc) is 3.78. The molecule has 15 heteroatoms. The second-order valence-corrected chi connectivity index (χ2v) is 17.0. The summed E-state index contributed by atoms with van der Waals surface area (Å²) in [5, 5.41) is 17.2. The first kappa shape index (κ1) is 41.1. The number of fused-ring (bicyclic) bond motifs is 1. The maximum Gasteiger partial charge on any atom is 0.407 e. The van der Waals surface area contributed by atoms with Gasteiger partial charge in [0.25, 0.3) is 5.82 Å². The number of hydrogen-bond acceptors (Lipinski definition) is 8. The molecule has 4 heterocycles. The molecule has 3 aromatic carbocycles. The van der Waals surface area contributed by atoms with Crippen molar-refractivity contribution < 1.29 is 33.6 Å². The van der Waals surface area contributed by atoms with Crippen LogP contribution in [0.5, 0.6) is 0 Å². The largest absolute Gasteiger partial charge is 0.453 e. The van der Waals surface area contributed by atoms with Crippen LogP contribution in [0.4, 0.5) is 9.59 Å². The number of H-pyrrole nitrogens is 3. The second-order valence-electron chi connectivity index (χ2n) is 17.0. The zero-order valence-electron chi connectivity index (χ0n) is 35.1. The summed E-state index contributed by atoms with van der Waals surface area (Å²) in [6.07, 6.45) is 6.28. The number of imidazole rings is 2. The number of nitrogens with zero attached hydrogens (tertiary/aromatic N) is 4. The van der Waals surface area contributed by atoms with Crippen molar-refractivity contribution in [1.82, 2.24) is 35.4 Å². The van der Waals surface area contributed by atoms with Crippen LogP contribution in [0, 0.1) is 28.6 Å². The third-order valence-corrected chi connectivity index (χ3v) is 12.7. The summed E-state index contributed by atoms with van der Waals surface area (Å²) in [4.78, 5) is 70.1. The number of hydrogen-bond donors (Lipinski definition) is 4. The minimum Gasteiger partial charge on any atom is -0.453 e. The number of rotatable bonds is 11. The van der Waals surface area contributed by atoms with Gasteiger partial charge in [0, 0.05) is 24.2 Å². The van der Waals surface area contributed by atoms with E-state index in [9.17, 15) is 24.4 Å². The minimum absolute atomic E-state index is 0.0974. The predicted molar refractivity (Wildman–Crippen MR) is 226 cm³/mol. The molecule has 316 valence electrons. The van der Waals surface area contributed by atoms with E-state index in [-0.39, 0.29) is 41.7 Å². The first-order valence-electron chi connectivity index (χ1n) is 20.9. The lowest BCUT2D eigenvalue weighted by Crippen LogP contribution is -2.51. The zero-order valence-corrected chi connectivity index (χ0v) is 35.1. The molecular weight excluding hydrogens is 775 g/mol. The SMILES string of the molecule is CC[C@H](NC(=O)OC)C(=O)N1C[C@@H](C#N)C[C@H]1c1ncc(-c2ccc3cc(-c4ccc(-c5c[nH+]c([C@@H]6CC7(CC7)CN6C(=O)[C@@H](NC(=O)OC)C(C)C)[nH]5)cc4)ccc3c2)[nH]1. The van der Waals surface area contributed by atoms with Gasteiger partial charge in [-0.2, -0.15) is 5.26 Å². The van der Waals surface area contributed by atoms with Crippen LogP contribution in [0.3, 0.4) is 0 Å². The number of ether oxygens (including phenoxy) is 2. The van der Waals surface area contributed by atoms with Crippen LogP contribution in [0.15, 0.2) is 73.1 Å². The van der Waals surface area contributed by atoms with Crippen LogP contribution in [0.1, 0.15) is 76.6 Å². The Morgan fingerprint density at radius 3 is 2.18 bits per heavy atom. The molecule has 0 bridgehead atoms. The normalized spacial score (nSPS) is 20.0. The van der Waals surface area contributed by atoms with Crippen molar-refractivity contribution in [3.8, 4) is 39.7 Å². The Labute approximate surface area is 354 Å². The van der Waals surface area contributed by atoms with Gasteiger partial charge in [0.1, 0.15) is 30.1 Å². The summed E-state index contributed by atoms with van der Waals surface area (Å²) in [5.41, 5.74) is 5.95. The molecule has 2 aromatic heterocycles. The molecule has 5 N–H and O–H groups in total. The fourth-order valence-electron chi connectivity index (χ4n) is 8.92. The molecule has 8 rings (SSSR count). The van der Waals surface area contributed by atoms with Gasteiger partial charge in [0.15, 0.2) is 5.69 Å². The van der Waals surface area contributed by atoms with Crippen molar-refractivity contribution in [3.63, 3.8) is 0 Å². The Morgan fingerprint density at radius 2 is 1.52 bits per heavy atom. The van der Waals surface area contributed by atoms with E-state index in [1.807, 2.05) is 37.9 Å². The lowest BCUT2D eigenvalue weighted by Gasteiger charge is -2.29. The van der Waals surface area contributed by atoms with Crippen LogP contribution in [0.2, 0.25) is 0 Å². The molecule has 5 atom stereocenters. The third-order valence-electron chi connectivity index (χ3n) is 12.7. The quantitative estimate of drug-likeness (QED) is 0.113. The van der Waals surface area contributed by atoms with Crippen molar-refractivity contribution in [2.24, 2.45) is 17.3 Å². The number of benzene rings is 3. The summed E-state index contributed by atoms with van der Waals surface area (Å²) in [6, 6.07) is 21.3. The highest BCUT2D eigenvalue weighted by Crippen LogP contribution is 2.58. The molecule has 2 saturated heterocycles. The lowest BCUT2D eigenvalue weighted by molar-refractivity contribution is -0.393. The van der Waals surface area contributed by atoms with Crippen molar-refractivity contribution >= 4 is 34.8 Å². The number of methoxy groups -OCH3 is 2. The molecule has 1 spiro atoms. The van der Waals surface area contributed by atoms with Crippen LogP contribution < -0.4 is 15.6 Å². The third kappa shape index (κ3) is 8.27. The molecule has 1 saturated carbocycles. The van der Waals surface area contributed by atoms with E-state index in [1.54, 1.807) is 11.1 Å². The van der Waals surface area contributed by atoms with E-state index in [4.69, 9.17) is 9.47 Å². The Balaban J connectivity index is 0.960. The molecule has 0 unspecified atom stereocenters. The van der Waals surface area contributed by atoms with E-state index < -0.39 is 30.3 Å². The van der Waals surface area contributed by atoms with Crippen molar-refractivity contribution in [1.29, 1.82) is 5.26 Å². The van der Waals surface area contributed by atoms with E-state index in [0.717, 1.165) is 69.5 Å². The van der Waals surface area contributed by atoms with Gasteiger partial charge in [-0.1, -0.05) is 57.2 Å². The molecule has 15 nitrogen and oxygen atoms in total. The van der Waals surface area contributed by atoms with Crippen molar-refractivity contribution in [2.75, 3.05) is 27.3 Å². The lowest BCUT2D eigenvalue weighted by atomic mass is 9.98. The highest BCUT2D eigenvalue weighted by atomic mass is 16.5. The molecule has 2 aliphatic heterocycles. The standard InChI is InChI=1S/C46H51N9O6/c1-6-34(52-44(58)60-4)42(56)54-24-27(21-47)17-37(54)40-48-23-36(51-40)33-14-13-31-18-30(11-12-32(31)19-33)28-7-9-29(10-8-28)35-22-49-41(50-35)38-20-46(15-16-46)25-55(38)43(57)39(26(2)3)53-45(59)61-5/h7-14,18-19,22-23,26-27,34,37-39H,6,15-17,20,24-25H2,1-5H3,(H,48,51)(H,49,50)(H,52,58)(H,53,59)/p+1/t27-,34+,37+,38+,39+/m1/s1. The number of likely N-dealkylation sites (tertiary alicyclic amines) is 2. The summed E-state index contributed by atoms with van der Waals surface area (Å²) in [7, 11) is 2.56. The molecule has 0 radical (unpaired) electrons. The maximum absolute atomic E-state index is 13.9. The maximum atomic E-state index is 13.9. The van der Waals surface area contributed by atoms with Gasteiger partial charge in [-0.15, -0.1) is 0 Å². The number of carbonyl (C=O) groups excluding carboxylic acids is 4. The average molecular weight is 827 g/mol. The molecule has 5 aromatic rings. The minimum atomic E-state index is -0.775. The first-order chi connectivity index (χ1) is 29.4. The Bertz CT molecular complexity index is 2500. The molecular formula is C46H52N9O6+. The fourth-order valence-corrected chi connectivity index (χ4v) is 8.92. The van der Waals surface area contributed by atoms with Gasteiger partial charge < -0.3 is 34.9 Å². The van der Waals surface area contributed by atoms with E-state index in [2.05, 4.69) is 91.2 Å². The van der Waals surface area contributed by atoms with Gasteiger partial charge in [-0.25, -0.2) is 24.5 Å². The summed E-state index contributed by atoms with van der Waals surface area (Å²) in [6.45, 7) is 6.59. The van der Waals surface area contributed by atoms with Crippen LogP contribution in [-0.4, -0.2) is 88.1 Å². The Morgan fingerprint density at radius 1 is 0.869 bits per heavy atom. The monoisotopic (exact) mass is 826 g/mol. The fraction of sp³-hybridized carbons (Fsp3) is 0.413. The number of alkyl carbamates (subject to hydrolysis) is 2. The summed E-state index contributed by atoms with van der Waals surface area (Å²) in [5.74, 6) is 0.634. The van der Waals surface area contributed by atoms with E-state index in [0.29, 0.717) is 25.2 Å². The highest BCUT2D eigenvalue weighted by molar-refractivity contribution is 5.91. The van der Waals surface area contributed by atoms with Crippen LogP contribution in [-0.2, 0) is 19.1 Å². The molecule has 1 aliphatic carbocycles. The smallest absolute Gasteiger partial charge is 0.407 e. The first-order valence-corrected chi connectivity index (χ1v) is 20.9. The van der Waals surface area contributed by atoms with Crippen molar-refractivity contribution in [2.45, 2.75) is 77.0 Å². The number of aromatic amines is 3. The summed E-state index contributed by atoms with van der Waals surface area (Å²) < 4.78 is 9.53. The topological polar surface area (TPSA) is 200 Å².